The van der Waals surface area contributed by atoms with Gasteiger partial charge >= 0.3 is 0 Å². The molecule has 0 atom stereocenters. The minimum Gasteiger partial charge on any atom is -0.396 e. The number of fused-ring (bicyclic) bond motifs is 1. The molecule has 1 fully saturated rings. The van der Waals surface area contributed by atoms with Crippen LogP contribution in [0.25, 0.3) is 10.9 Å². The highest BCUT2D eigenvalue weighted by Crippen LogP contribution is 2.24. The number of hydrogen-bond donors (Lipinski definition) is 2. The molecule has 0 saturated carbocycles. The van der Waals surface area contributed by atoms with Crippen LogP contribution in [0.15, 0.2) is 54.7 Å². The molecule has 5 rings (SSSR count). The summed E-state index contributed by atoms with van der Waals surface area (Å²) in [7, 11) is 0. The van der Waals surface area contributed by atoms with E-state index in [1.807, 2.05) is 31.2 Å². The van der Waals surface area contributed by atoms with Crippen LogP contribution in [0.1, 0.15) is 46.7 Å². The van der Waals surface area contributed by atoms with Crippen molar-refractivity contribution in [3.05, 3.63) is 94.4 Å². The van der Waals surface area contributed by atoms with Gasteiger partial charge in [0, 0.05) is 54.5 Å². The van der Waals surface area contributed by atoms with Crippen molar-refractivity contribution in [1.29, 1.82) is 0 Å². The predicted molar refractivity (Wildman–Crippen MR) is 132 cm³/mol. The number of aromatic amines is 1. The van der Waals surface area contributed by atoms with Crippen molar-refractivity contribution in [2.45, 2.75) is 39.2 Å². The first-order valence-electron chi connectivity index (χ1n) is 12.1. The van der Waals surface area contributed by atoms with Crippen LogP contribution in [0.5, 0.6) is 0 Å². The van der Waals surface area contributed by atoms with Crippen molar-refractivity contribution in [3.63, 3.8) is 0 Å². The van der Waals surface area contributed by atoms with Gasteiger partial charge in [0.25, 0.3) is 0 Å². The highest BCUT2D eigenvalue weighted by atomic mass is 19.1. The summed E-state index contributed by atoms with van der Waals surface area (Å²) in [5, 5.41) is 9.98. The first-order valence-corrected chi connectivity index (χ1v) is 12.1. The van der Waals surface area contributed by atoms with Gasteiger partial charge in [-0.05, 0) is 73.7 Å². The third kappa shape index (κ3) is 5.18. The summed E-state index contributed by atoms with van der Waals surface area (Å²) in [6, 6.07) is 16.1. The summed E-state index contributed by atoms with van der Waals surface area (Å²) in [5.74, 6) is 1.02. The van der Waals surface area contributed by atoms with E-state index in [-0.39, 0.29) is 5.82 Å². The third-order valence-electron chi connectivity index (χ3n) is 6.81. The topological polar surface area (TPSA) is 65.0 Å². The maximum Gasteiger partial charge on any atom is 0.136 e. The molecule has 0 amide bonds. The molecule has 0 aliphatic carbocycles. The monoisotopic (exact) mass is 458 g/mol. The van der Waals surface area contributed by atoms with Gasteiger partial charge in [0.2, 0.25) is 0 Å². The Kier molecular flexibility index (Phi) is 6.70. The van der Waals surface area contributed by atoms with Gasteiger partial charge < -0.3 is 10.1 Å². The number of hydrogen-bond acceptors (Lipinski definition) is 4. The number of nitrogens with zero attached hydrogens (tertiary/aromatic N) is 3. The maximum atomic E-state index is 15.0. The van der Waals surface area contributed by atoms with Gasteiger partial charge in [-0.3, -0.25) is 4.90 Å². The number of rotatable bonds is 7. The number of benzene rings is 2. The van der Waals surface area contributed by atoms with E-state index < -0.39 is 0 Å². The van der Waals surface area contributed by atoms with E-state index in [2.05, 4.69) is 39.1 Å². The molecule has 0 bridgehead atoms. The number of halogens is 1. The lowest BCUT2D eigenvalue weighted by Crippen LogP contribution is -2.34. The largest absolute Gasteiger partial charge is 0.396 e. The molecule has 3 heterocycles. The van der Waals surface area contributed by atoms with E-state index in [1.54, 1.807) is 6.20 Å². The molecule has 5 nitrogen and oxygen atoms in total. The van der Waals surface area contributed by atoms with Crippen molar-refractivity contribution in [1.82, 2.24) is 19.9 Å². The summed E-state index contributed by atoms with van der Waals surface area (Å²) < 4.78 is 15.0. The molecule has 4 aromatic rings. The summed E-state index contributed by atoms with van der Waals surface area (Å²) >= 11 is 0. The smallest absolute Gasteiger partial charge is 0.136 e. The fourth-order valence-corrected chi connectivity index (χ4v) is 4.92. The Bertz CT molecular complexity index is 1280. The Labute approximate surface area is 199 Å². The van der Waals surface area contributed by atoms with Gasteiger partial charge in [-0.15, -0.1) is 0 Å². The molecular formula is C28H31FN4O. The number of piperidine rings is 1. The van der Waals surface area contributed by atoms with Gasteiger partial charge in [-0.1, -0.05) is 30.3 Å². The number of aryl methyl sites for hydroxylation is 1. The maximum absolute atomic E-state index is 15.0. The van der Waals surface area contributed by atoms with Crippen molar-refractivity contribution in [3.8, 4) is 0 Å². The van der Waals surface area contributed by atoms with Gasteiger partial charge in [0.15, 0.2) is 0 Å². The summed E-state index contributed by atoms with van der Waals surface area (Å²) in [5.41, 5.74) is 5.69. The Morgan fingerprint density at radius 2 is 1.88 bits per heavy atom. The summed E-state index contributed by atoms with van der Waals surface area (Å²) in [4.78, 5) is 14.8. The molecule has 0 unspecified atom stereocenters. The second-order valence-electron chi connectivity index (χ2n) is 9.49. The van der Waals surface area contributed by atoms with Crippen LogP contribution in [-0.4, -0.2) is 44.7 Å². The van der Waals surface area contributed by atoms with Crippen LogP contribution >= 0.6 is 0 Å². The molecule has 6 heteroatoms. The minimum atomic E-state index is -0.183. The molecule has 2 aromatic carbocycles. The standard InChI is InChI=1S/C28H31FN4O/c1-19-13-25-26(31-19)6-5-23(28(25)29)16-24-7-10-30-27(32-24)15-21-3-2-4-22(14-21)17-33-11-8-20(18-34)9-12-33/h2-7,10,13-14,20,31,34H,8-9,11-12,15-18H2,1H3. The number of aromatic nitrogens is 3. The normalized spacial score (nSPS) is 15.3. The quantitative estimate of drug-likeness (QED) is 0.418. The first-order chi connectivity index (χ1) is 16.6. The SMILES string of the molecule is Cc1cc2c(F)c(Cc3ccnc(Cc4cccc(CN5CCC(CO)CC5)c4)n3)ccc2[nH]1. The van der Waals surface area contributed by atoms with E-state index in [1.165, 1.54) is 11.1 Å². The van der Waals surface area contributed by atoms with Crippen molar-refractivity contribution >= 4 is 10.9 Å². The molecule has 2 N–H and O–H groups in total. The molecule has 0 radical (unpaired) electrons. The number of aliphatic hydroxyl groups is 1. The lowest BCUT2D eigenvalue weighted by atomic mass is 9.97. The van der Waals surface area contributed by atoms with Crippen molar-refractivity contribution in [2.24, 2.45) is 5.92 Å². The Balaban J connectivity index is 1.26. The van der Waals surface area contributed by atoms with Crippen LogP contribution in [-0.2, 0) is 19.4 Å². The lowest BCUT2D eigenvalue weighted by Gasteiger charge is -2.31. The second kappa shape index (κ2) is 10.0. The van der Waals surface area contributed by atoms with Crippen LogP contribution in [0.4, 0.5) is 4.39 Å². The van der Waals surface area contributed by atoms with Gasteiger partial charge in [0.05, 0.1) is 0 Å². The van der Waals surface area contributed by atoms with E-state index in [0.29, 0.717) is 36.3 Å². The van der Waals surface area contributed by atoms with Crippen molar-refractivity contribution in [2.75, 3.05) is 19.7 Å². The van der Waals surface area contributed by atoms with Crippen LogP contribution in [0.2, 0.25) is 0 Å². The summed E-state index contributed by atoms with van der Waals surface area (Å²) in [6.07, 6.45) is 4.98. The van der Waals surface area contributed by atoms with E-state index in [4.69, 9.17) is 4.98 Å². The molecule has 1 aliphatic rings. The average molecular weight is 459 g/mol. The average Bonchev–Trinajstić information content (AvgIpc) is 3.23. The molecule has 1 saturated heterocycles. The third-order valence-corrected chi connectivity index (χ3v) is 6.81. The number of nitrogens with one attached hydrogen (secondary N) is 1. The molecule has 2 aromatic heterocycles. The van der Waals surface area contributed by atoms with E-state index in [0.717, 1.165) is 55.2 Å². The zero-order chi connectivity index (χ0) is 23.5. The molecule has 0 spiro atoms. The van der Waals surface area contributed by atoms with Gasteiger partial charge in [0.1, 0.15) is 11.6 Å². The number of H-pyrrole nitrogens is 1. The van der Waals surface area contributed by atoms with Crippen LogP contribution in [0.3, 0.4) is 0 Å². The zero-order valence-corrected chi connectivity index (χ0v) is 19.6. The number of likely N-dealkylation sites (tertiary alicyclic amines) is 1. The van der Waals surface area contributed by atoms with E-state index >= 15 is 4.39 Å². The Morgan fingerprint density at radius 3 is 2.71 bits per heavy atom. The van der Waals surface area contributed by atoms with Gasteiger partial charge in [-0.25, -0.2) is 14.4 Å². The van der Waals surface area contributed by atoms with Crippen LogP contribution in [0, 0.1) is 18.7 Å². The van der Waals surface area contributed by atoms with Gasteiger partial charge in [-0.2, -0.15) is 0 Å². The fourth-order valence-electron chi connectivity index (χ4n) is 4.92. The van der Waals surface area contributed by atoms with Crippen molar-refractivity contribution < 1.29 is 9.50 Å². The highest BCUT2D eigenvalue weighted by molar-refractivity contribution is 5.82. The zero-order valence-electron chi connectivity index (χ0n) is 19.6. The second-order valence-corrected chi connectivity index (χ2v) is 9.49. The molecule has 1 aliphatic heterocycles. The number of aliphatic hydroxyl groups excluding tert-OH is 1. The molecule has 34 heavy (non-hydrogen) atoms. The molecular weight excluding hydrogens is 427 g/mol. The fraction of sp³-hybridized carbons (Fsp3) is 0.357. The Morgan fingerprint density at radius 1 is 1.06 bits per heavy atom. The van der Waals surface area contributed by atoms with E-state index in [9.17, 15) is 5.11 Å². The lowest BCUT2D eigenvalue weighted by molar-refractivity contribution is 0.127. The highest BCUT2D eigenvalue weighted by Gasteiger charge is 2.18. The minimum absolute atomic E-state index is 0.183. The molecule has 176 valence electrons. The summed E-state index contributed by atoms with van der Waals surface area (Å²) in [6.45, 7) is 5.23. The Hall–Kier alpha value is -3.09. The first kappa shape index (κ1) is 22.7. The van der Waals surface area contributed by atoms with Crippen LogP contribution < -0.4 is 0 Å². The predicted octanol–water partition coefficient (Wildman–Crippen LogP) is 4.79.